The van der Waals surface area contributed by atoms with Gasteiger partial charge in [0, 0.05) is 18.0 Å². The summed E-state index contributed by atoms with van der Waals surface area (Å²) in [7, 11) is 0. The van der Waals surface area contributed by atoms with Crippen LogP contribution in [0.5, 0.6) is 0 Å². The first-order valence-corrected chi connectivity index (χ1v) is 8.00. The van der Waals surface area contributed by atoms with E-state index in [4.69, 9.17) is 4.98 Å². The molecule has 2 nitrogen and oxygen atoms in total. The van der Waals surface area contributed by atoms with Crippen molar-refractivity contribution in [2.24, 2.45) is 0 Å². The second kappa shape index (κ2) is 6.85. The van der Waals surface area contributed by atoms with Gasteiger partial charge in [-0.1, -0.05) is 56.4 Å². The summed E-state index contributed by atoms with van der Waals surface area (Å²) in [5, 5.41) is 4.93. The molecule has 2 heteroatoms. The van der Waals surface area contributed by atoms with Crippen LogP contribution in [-0.2, 0) is 6.54 Å². The molecule has 1 aliphatic rings. The Morgan fingerprint density at radius 2 is 1.65 bits per heavy atom. The van der Waals surface area contributed by atoms with Gasteiger partial charge in [-0.15, -0.1) is 0 Å². The smallest absolute Gasteiger partial charge is 0.0705 e. The van der Waals surface area contributed by atoms with Crippen LogP contribution in [-0.4, -0.2) is 11.0 Å². The van der Waals surface area contributed by atoms with Crippen LogP contribution in [0.25, 0.3) is 10.9 Å². The summed E-state index contributed by atoms with van der Waals surface area (Å²) < 4.78 is 0. The van der Waals surface area contributed by atoms with E-state index >= 15 is 0 Å². The summed E-state index contributed by atoms with van der Waals surface area (Å²) in [5.41, 5.74) is 2.26. The maximum Gasteiger partial charge on any atom is 0.0705 e. The van der Waals surface area contributed by atoms with Gasteiger partial charge in [-0.25, -0.2) is 0 Å². The third-order valence-electron chi connectivity index (χ3n) is 4.33. The van der Waals surface area contributed by atoms with Crippen molar-refractivity contribution in [3.8, 4) is 0 Å². The fraction of sp³-hybridized carbons (Fsp3) is 0.500. The zero-order valence-corrected chi connectivity index (χ0v) is 12.1. The lowest BCUT2D eigenvalue weighted by molar-refractivity contribution is 0.387. The van der Waals surface area contributed by atoms with Crippen molar-refractivity contribution in [3.63, 3.8) is 0 Å². The van der Waals surface area contributed by atoms with E-state index in [1.807, 2.05) is 0 Å². The Morgan fingerprint density at radius 1 is 0.900 bits per heavy atom. The monoisotopic (exact) mass is 268 g/mol. The molecule has 0 bridgehead atoms. The van der Waals surface area contributed by atoms with Gasteiger partial charge in [0.05, 0.1) is 11.2 Å². The Labute approximate surface area is 121 Å². The van der Waals surface area contributed by atoms with Gasteiger partial charge >= 0.3 is 0 Å². The molecule has 0 aliphatic heterocycles. The van der Waals surface area contributed by atoms with Gasteiger partial charge in [-0.2, -0.15) is 0 Å². The largest absolute Gasteiger partial charge is 0.308 e. The van der Waals surface area contributed by atoms with Crippen molar-refractivity contribution in [2.45, 2.75) is 57.5 Å². The predicted molar refractivity (Wildman–Crippen MR) is 84.7 cm³/mol. The topological polar surface area (TPSA) is 24.9 Å². The number of rotatable bonds is 3. The molecule has 0 spiro atoms. The van der Waals surface area contributed by atoms with Crippen molar-refractivity contribution in [3.05, 3.63) is 42.1 Å². The summed E-state index contributed by atoms with van der Waals surface area (Å²) in [6.07, 6.45) is 9.66. The van der Waals surface area contributed by atoms with Crippen molar-refractivity contribution >= 4 is 10.9 Å². The fourth-order valence-electron chi connectivity index (χ4n) is 3.12. The summed E-state index contributed by atoms with van der Waals surface area (Å²) in [6.45, 7) is 0.898. The number of fused-ring (bicyclic) bond motifs is 1. The number of benzene rings is 1. The van der Waals surface area contributed by atoms with Crippen LogP contribution in [0.4, 0.5) is 0 Å². The Balaban J connectivity index is 1.60. The zero-order chi connectivity index (χ0) is 13.6. The van der Waals surface area contributed by atoms with Crippen LogP contribution in [0.1, 0.15) is 50.6 Å². The van der Waals surface area contributed by atoms with Crippen LogP contribution in [0, 0.1) is 0 Å². The molecule has 1 aliphatic carbocycles. The molecule has 0 amide bonds. The van der Waals surface area contributed by atoms with Gasteiger partial charge in [0.25, 0.3) is 0 Å². The molecule has 1 heterocycles. The summed E-state index contributed by atoms with van der Waals surface area (Å²) in [5.74, 6) is 0. The first-order valence-electron chi connectivity index (χ1n) is 8.00. The minimum atomic E-state index is 0.684. The van der Waals surface area contributed by atoms with Crippen molar-refractivity contribution in [1.29, 1.82) is 0 Å². The molecule has 20 heavy (non-hydrogen) atoms. The van der Waals surface area contributed by atoms with Gasteiger partial charge in [-0.3, -0.25) is 4.98 Å². The predicted octanol–water partition coefficient (Wildman–Crippen LogP) is 4.44. The number of aromatic nitrogens is 1. The van der Waals surface area contributed by atoms with Crippen LogP contribution in [0.2, 0.25) is 0 Å². The Kier molecular flexibility index (Phi) is 4.65. The molecule has 0 atom stereocenters. The molecule has 0 radical (unpaired) electrons. The molecule has 1 fully saturated rings. The lowest BCUT2D eigenvalue weighted by Crippen LogP contribution is -2.29. The van der Waals surface area contributed by atoms with E-state index in [1.165, 1.54) is 50.3 Å². The molecule has 1 aromatic carbocycles. The molecule has 1 N–H and O–H groups in total. The normalized spacial score (nSPS) is 17.8. The third-order valence-corrected chi connectivity index (χ3v) is 4.33. The van der Waals surface area contributed by atoms with Gasteiger partial charge in [0.15, 0.2) is 0 Å². The molecule has 0 unspecified atom stereocenters. The Hall–Kier alpha value is -1.41. The van der Waals surface area contributed by atoms with Gasteiger partial charge in [0.2, 0.25) is 0 Å². The highest BCUT2D eigenvalue weighted by Crippen LogP contribution is 2.18. The lowest BCUT2D eigenvalue weighted by atomic mass is 9.97. The lowest BCUT2D eigenvalue weighted by Gasteiger charge is -2.21. The average molecular weight is 268 g/mol. The van der Waals surface area contributed by atoms with E-state index in [2.05, 4.69) is 41.7 Å². The Morgan fingerprint density at radius 3 is 2.50 bits per heavy atom. The number of hydrogen-bond donors (Lipinski definition) is 1. The van der Waals surface area contributed by atoms with Crippen LogP contribution < -0.4 is 5.32 Å². The molecular weight excluding hydrogens is 244 g/mol. The van der Waals surface area contributed by atoms with E-state index in [-0.39, 0.29) is 0 Å². The highest BCUT2D eigenvalue weighted by Gasteiger charge is 2.10. The molecule has 1 saturated carbocycles. The number of pyridine rings is 1. The quantitative estimate of drug-likeness (QED) is 0.890. The summed E-state index contributed by atoms with van der Waals surface area (Å²) >= 11 is 0. The first-order chi connectivity index (χ1) is 9.92. The number of hydrogen-bond acceptors (Lipinski definition) is 2. The van der Waals surface area contributed by atoms with Gasteiger partial charge in [0.1, 0.15) is 0 Å². The minimum absolute atomic E-state index is 0.684. The molecule has 106 valence electrons. The number of nitrogens with zero attached hydrogens (tertiary/aromatic N) is 1. The van der Waals surface area contributed by atoms with Crippen LogP contribution >= 0.6 is 0 Å². The summed E-state index contributed by atoms with van der Waals surface area (Å²) in [6, 6.07) is 13.3. The van der Waals surface area contributed by atoms with E-state index in [1.54, 1.807) is 0 Å². The van der Waals surface area contributed by atoms with Gasteiger partial charge in [-0.05, 0) is 25.0 Å². The zero-order valence-electron chi connectivity index (χ0n) is 12.1. The minimum Gasteiger partial charge on any atom is -0.308 e. The van der Waals surface area contributed by atoms with Crippen LogP contribution in [0.3, 0.4) is 0 Å². The molecule has 1 aromatic heterocycles. The van der Waals surface area contributed by atoms with Crippen molar-refractivity contribution in [1.82, 2.24) is 10.3 Å². The second-order valence-electron chi connectivity index (χ2n) is 5.92. The Bertz CT molecular complexity index is 542. The summed E-state index contributed by atoms with van der Waals surface area (Å²) in [4.78, 5) is 4.74. The molecular formula is C18H24N2. The van der Waals surface area contributed by atoms with E-state index in [9.17, 15) is 0 Å². The van der Waals surface area contributed by atoms with Crippen molar-refractivity contribution in [2.75, 3.05) is 0 Å². The van der Waals surface area contributed by atoms with E-state index in [0.29, 0.717) is 6.04 Å². The van der Waals surface area contributed by atoms with E-state index < -0.39 is 0 Å². The second-order valence-corrected chi connectivity index (χ2v) is 5.92. The first kappa shape index (κ1) is 13.6. The maximum absolute atomic E-state index is 4.74. The fourth-order valence-corrected chi connectivity index (χ4v) is 3.12. The van der Waals surface area contributed by atoms with E-state index in [0.717, 1.165) is 17.8 Å². The van der Waals surface area contributed by atoms with Crippen LogP contribution in [0.15, 0.2) is 36.4 Å². The SMILES string of the molecule is c1ccc2nc(CNC3CCCCCCC3)ccc2c1. The molecule has 0 saturated heterocycles. The standard InChI is InChI=1S/C18H24N2/c1-2-4-9-16(10-5-3-1)19-14-17-13-12-15-8-6-7-11-18(15)20-17/h6-8,11-13,16,19H,1-5,9-10,14H2. The average Bonchev–Trinajstić information content (AvgIpc) is 2.46. The highest BCUT2D eigenvalue weighted by atomic mass is 14.9. The molecule has 2 aromatic rings. The third kappa shape index (κ3) is 3.57. The van der Waals surface area contributed by atoms with Gasteiger partial charge < -0.3 is 5.32 Å². The molecule has 3 rings (SSSR count). The number of para-hydroxylation sites is 1. The highest BCUT2D eigenvalue weighted by molar-refractivity contribution is 5.78. The maximum atomic E-state index is 4.74. The number of nitrogens with one attached hydrogen (secondary N) is 1. The van der Waals surface area contributed by atoms with Crippen molar-refractivity contribution < 1.29 is 0 Å².